The first-order valence-corrected chi connectivity index (χ1v) is 9.80. The summed E-state index contributed by atoms with van der Waals surface area (Å²) in [5.74, 6) is 0. The number of hydrogen-bond acceptors (Lipinski definition) is 6. The lowest BCUT2D eigenvalue weighted by Crippen LogP contribution is -2.54. The quantitative estimate of drug-likeness (QED) is 0.760. The molecule has 0 bridgehead atoms. The van der Waals surface area contributed by atoms with E-state index in [0.29, 0.717) is 18.0 Å². The Morgan fingerprint density at radius 3 is 2.17 bits per heavy atom. The average molecular weight is 374 g/mol. The Kier molecular flexibility index (Phi) is 6.27. The molecular weight excluding hydrogens is 352 g/mol. The molecular formula is C15H22N2O5S2. The first-order chi connectivity index (χ1) is 11.4. The zero-order valence-corrected chi connectivity index (χ0v) is 15.4. The van der Waals surface area contributed by atoms with Crippen molar-refractivity contribution in [3.05, 3.63) is 29.8 Å². The summed E-state index contributed by atoms with van der Waals surface area (Å²) in [4.78, 5) is 2.57. The van der Waals surface area contributed by atoms with Crippen LogP contribution in [0.25, 0.3) is 0 Å². The van der Waals surface area contributed by atoms with Gasteiger partial charge in [0.2, 0.25) is 10.0 Å². The minimum absolute atomic E-state index is 0.358. The molecule has 0 unspecified atom stereocenters. The number of likely N-dealkylation sites (tertiary alicyclic amines) is 1. The smallest absolute Gasteiger partial charge is 0.335 e. The predicted octanol–water partition coefficient (Wildman–Crippen LogP) is 0.768. The Morgan fingerprint density at radius 1 is 1.08 bits per heavy atom. The number of rotatable bonds is 2. The predicted molar refractivity (Wildman–Crippen MR) is 89.4 cm³/mol. The van der Waals surface area contributed by atoms with Gasteiger partial charge in [-0.25, -0.2) is 8.42 Å². The molecule has 3 rings (SSSR count). The number of sulfonamides is 1. The second-order valence-corrected chi connectivity index (χ2v) is 8.05. The SMILES string of the molecule is Cc1ccc(S(=O)(=O)N2CCOC23CCN(C)CC3)cc1.O=S=O. The van der Waals surface area contributed by atoms with Gasteiger partial charge in [0.1, 0.15) is 5.72 Å². The number of piperidine rings is 1. The van der Waals surface area contributed by atoms with Crippen LogP contribution in [0.15, 0.2) is 29.2 Å². The van der Waals surface area contributed by atoms with E-state index in [0.717, 1.165) is 31.5 Å². The minimum atomic E-state index is -3.49. The first kappa shape index (κ1) is 19.2. The fourth-order valence-corrected chi connectivity index (χ4v) is 4.86. The molecule has 24 heavy (non-hydrogen) atoms. The lowest BCUT2D eigenvalue weighted by Gasteiger charge is -2.41. The summed E-state index contributed by atoms with van der Waals surface area (Å²) in [5, 5.41) is 0. The molecule has 9 heteroatoms. The molecule has 1 spiro atoms. The molecule has 1 aromatic carbocycles. The van der Waals surface area contributed by atoms with E-state index in [4.69, 9.17) is 13.2 Å². The summed E-state index contributed by atoms with van der Waals surface area (Å²) in [6.45, 7) is 4.60. The maximum Gasteiger partial charge on any atom is 0.335 e. The summed E-state index contributed by atoms with van der Waals surface area (Å²) >= 11 is -0.750. The third-order valence-corrected chi connectivity index (χ3v) is 6.46. The van der Waals surface area contributed by atoms with Crippen LogP contribution in [0.2, 0.25) is 0 Å². The summed E-state index contributed by atoms with van der Waals surface area (Å²) < 4.78 is 49.9. The Hall–Kier alpha value is -1.13. The zero-order valence-electron chi connectivity index (χ0n) is 13.8. The molecule has 2 aliphatic heterocycles. The van der Waals surface area contributed by atoms with Crippen LogP contribution in [0.4, 0.5) is 0 Å². The van der Waals surface area contributed by atoms with Gasteiger partial charge in [-0.05, 0) is 26.1 Å². The highest BCUT2D eigenvalue weighted by Crippen LogP contribution is 2.37. The third kappa shape index (κ3) is 3.92. The van der Waals surface area contributed by atoms with E-state index in [-0.39, 0.29) is 0 Å². The van der Waals surface area contributed by atoms with Gasteiger partial charge in [-0.3, -0.25) is 0 Å². The average Bonchev–Trinajstić information content (AvgIpc) is 2.96. The molecule has 0 amide bonds. The zero-order chi connectivity index (χ0) is 17.8. The molecule has 0 aromatic heterocycles. The fourth-order valence-electron chi connectivity index (χ4n) is 3.13. The van der Waals surface area contributed by atoms with Crippen LogP contribution < -0.4 is 0 Å². The van der Waals surface area contributed by atoms with Crippen LogP contribution in [0.5, 0.6) is 0 Å². The van der Waals surface area contributed by atoms with E-state index in [1.807, 2.05) is 19.1 Å². The van der Waals surface area contributed by atoms with Crippen LogP contribution in [0, 0.1) is 6.92 Å². The highest BCUT2D eigenvalue weighted by atomic mass is 32.2. The Labute approximate surface area is 146 Å². The van der Waals surface area contributed by atoms with Crippen LogP contribution in [-0.4, -0.2) is 65.1 Å². The standard InChI is InChI=1S/C15H22N2O3S.O2S/c1-13-3-5-14(6-4-13)21(18,19)17-11-12-20-15(17)7-9-16(2)10-8-15;1-3-2/h3-6H,7-12H2,1-2H3;. The van der Waals surface area contributed by atoms with Gasteiger partial charge in [-0.2, -0.15) is 12.7 Å². The topological polar surface area (TPSA) is 84.0 Å². The van der Waals surface area contributed by atoms with Gasteiger partial charge in [-0.1, -0.05) is 17.7 Å². The van der Waals surface area contributed by atoms with Crippen molar-refractivity contribution in [2.45, 2.75) is 30.4 Å². The van der Waals surface area contributed by atoms with E-state index in [2.05, 4.69) is 11.9 Å². The van der Waals surface area contributed by atoms with Crippen molar-refractivity contribution in [3.8, 4) is 0 Å². The van der Waals surface area contributed by atoms with Gasteiger partial charge in [-0.15, -0.1) is 0 Å². The minimum Gasteiger partial charge on any atom is -0.358 e. The van der Waals surface area contributed by atoms with Gasteiger partial charge in [0.15, 0.2) is 0 Å². The number of ether oxygens (including phenoxy) is 1. The second kappa shape index (κ2) is 7.83. The molecule has 0 saturated carbocycles. The molecule has 0 aliphatic carbocycles. The molecule has 2 heterocycles. The lowest BCUT2D eigenvalue weighted by molar-refractivity contribution is -0.0873. The van der Waals surface area contributed by atoms with Crippen molar-refractivity contribution in [2.75, 3.05) is 33.3 Å². The highest BCUT2D eigenvalue weighted by molar-refractivity contribution is 7.89. The monoisotopic (exact) mass is 374 g/mol. The molecule has 0 radical (unpaired) electrons. The molecule has 2 aliphatic rings. The Bertz CT molecular complexity index is 691. The van der Waals surface area contributed by atoms with Gasteiger partial charge < -0.3 is 9.64 Å². The Morgan fingerprint density at radius 2 is 1.62 bits per heavy atom. The van der Waals surface area contributed by atoms with Crippen LogP contribution in [-0.2, 0) is 26.3 Å². The summed E-state index contributed by atoms with van der Waals surface area (Å²) in [6, 6.07) is 7.05. The van der Waals surface area contributed by atoms with E-state index in [1.54, 1.807) is 16.4 Å². The van der Waals surface area contributed by atoms with E-state index in [1.165, 1.54) is 0 Å². The molecule has 0 N–H and O–H groups in total. The second-order valence-electron chi connectivity index (χ2n) is 6.06. The number of aryl methyl sites for hydroxylation is 1. The van der Waals surface area contributed by atoms with Crippen molar-refractivity contribution in [2.24, 2.45) is 0 Å². The third-order valence-electron chi connectivity index (χ3n) is 4.50. The number of benzene rings is 1. The van der Waals surface area contributed by atoms with Crippen LogP contribution in [0.3, 0.4) is 0 Å². The fraction of sp³-hybridized carbons (Fsp3) is 0.600. The van der Waals surface area contributed by atoms with Gasteiger partial charge in [0.25, 0.3) is 0 Å². The normalized spacial score (nSPS) is 21.2. The Balaban J connectivity index is 0.000000647. The lowest BCUT2D eigenvalue weighted by atomic mass is 10.0. The maximum atomic E-state index is 12.9. The molecule has 2 saturated heterocycles. The van der Waals surface area contributed by atoms with E-state index < -0.39 is 27.3 Å². The maximum absolute atomic E-state index is 12.9. The van der Waals surface area contributed by atoms with Gasteiger partial charge >= 0.3 is 11.6 Å². The highest BCUT2D eigenvalue weighted by Gasteiger charge is 2.50. The van der Waals surface area contributed by atoms with Crippen molar-refractivity contribution in [1.29, 1.82) is 0 Å². The summed E-state index contributed by atoms with van der Waals surface area (Å²) in [7, 11) is -1.43. The molecule has 0 atom stereocenters. The number of nitrogens with zero attached hydrogens (tertiary/aromatic N) is 2. The summed E-state index contributed by atoms with van der Waals surface area (Å²) in [5.41, 5.74) is 0.414. The molecule has 7 nitrogen and oxygen atoms in total. The van der Waals surface area contributed by atoms with E-state index >= 15 is 0 Å². The van der Waals surface area contributed by atoms with Crippen molar-refractivity contribution in [1.82, 2.24) is 9.21 Å². The molecule has 134 valence electrons. The molecule has 2 fully saturated rings. The molecule has 1 aromatic rings. The van der Waals surface area contributed by atoms with E-state index in [9.17, 15) is 8.42 Å². The van der Waals surface area contributed by atoms with Crippen molar-refractivity contribution < 1.29 is 21.6 Å². The number of hydrogen-bond donors (Lipinski definition) is 0. The van der Waals surface area contributed by atoms with Crippen LogP contribution in [0.1, 0.15) is 18.4 Å². The largest absolute Gasteiger partial charge is 0.358 e. The van der Waals surface area contributed by atoms with Crippen molar-refractivity contribution in [3.63, 3.8) is 0 Å². The van der Waals surface area contributed by atoms with Gasteiger partial charge in [0, 0.05) is 32.5 Å². The first-order valence-electron chi connectivity index (χ1n) is 7.69. The van der Waals surface area contributed by atoms with Crippen molar-refractivity contribution >= 4 is 21.6 Å². The van der Waals surface area contributed by atoms with Crippen LogP contribution >= 0.6 is 0 Å². The van der Waals surface area contributed by atoms with Gasteiger partial charge in [0.05, 0.1) is 11.5 Å². The summed E-state index contributed by atoms with van der Waals surface area (Å²) in [6.07, 6.45) is 1.46.